The smallest absolute Gasteiger partial charge is 0.128 e. The van der Waals surface area contributed by atoms with Crippen molar-refractivity contribution in [3.63, 3.8) is 0 Å². The third kappa shape index (κ3) is 5.93. The van der Waals surface area contributed by atoms with Gasteiger partial charge in [-0.25, -0.2) is 4.39 Å². The van der Waals surface area contributed by atoms with Crippen LogP contribution in [0.4, 0.5) is 4.39 Å². The number of aliphatic hydroxyl groups is 1. The first-order valence-electron chi connectivity index (χ1n) is 7.93. The van der Waals surface area contributed by atoms with E-state index < -0.39 is 12.0 Å². The largest absolute Gasteiger partial charge is 0.392 e. The van der Waals surface area contributed by atoms with E-state index in [1.54, 1.807) is 12.1 Å². The van der Waals surface area contributed by atoms with Crippen molar-refractivity contribution in [3.8, 4) is 0 Å². The molecule has 4 heteroatoms. The summed E-state index contributed by atoms with van der Waals surface area (Å²) >= 11 is 6.06. The van der Waals surface area contributed by atoms with Crippen LogP contribution in [0.2, 0.25) is 5.02 Å². The van der Waals surface area contributed by atoms with Gasteiger partial charge in [-0.05, 0) is 18.6 Å². The second-order valence-electron chi connectivity index (χ2n) is 5.60. The molecule has 2 nitrogen and oxygen atoms in total. The highest BCUT2D eigenvalue weighted by Gasteiger charge is 2.24. The van der Waals surface area contributed by atoms with E-state index >= 15 is 0 Å². The summed E-state index contributed by atoms with van der Waals surface area (Å²) in [6, 6.07) is 4.57. The van der Waals surface area contributed by atoms with Gasteiger partial charge in [-0.15, -0.1) is 0 Å². The first kappa shape index (κ1) is 18.4. The first-order valence-corrected chi connectivity index (χ1v) is 8.31. The fourth-order valence-corrected chi connectivity index (χ4v) is 2.97. The molecule has 120 valence electrons. The van der Waals surface area contributed by atoms with Crippen LogP contribution in [-0.4, -0.2) is 17.8 Å². The number of hydrogen-bond acceptors (Lipinski definition) is 2. The average Bonchev–Trinajstić information content (AvgIpc) is 2.46. The topological polar surface area (TPSA) is 46.2 Å². The summed E-state index contributed by atoms with van der Waals surface area (Å²) in [6.07, 6.45) is 6.95. The maximum Gasteiger partial charge on any atom is 0.128 e. The van der Waals surface area contributed by atoms with Gasteiger partial charge in [-0.1, -0.05) is 63.1 Å². The van der Waals surface area contributed by atoms with Crippen molar-refractivity contribution in [2.75, 3.05) is 6.54 Å². The molecule has 0 radical (unpaired) electrons. The summed E-state index contributed by atoms with van der Waals surface area (Å²) in [6.45, 7) is 2.38. The Bertz CT molecular complexity index is 394. The van der Waals surface area contributed by atoms with Crippen molar-refractivity contribution in [2.24, 2.45) is 5.73 Å². The van der Waals surface area contributed by atoms with Gasteiger partial charge < -0.3 is 10.8 Å². The Kier molecular flexibility index (Phi) is 8.90. The molecule has 0 saturated heterocycles. The third-order valence-corrected chi connectivity index (χ3v) is 4.27. The molecule has 21 heavy (non-hydrogen) atoms. The summed E-state index contributed by atoms with van der Waals surface area (Å²) in [5.41, 5.74) is 6.08. The number of benzene rings is 1. The summed E-state index contributed by atoms with van der Waals surface area (Å²) in [4.78, 5) is 0. The Hall–Kier alpha value is -0.640. The van der Waals surface area contributed by atoms with Gasteiger partial charge in [0, 0.05) is 23.0 Å². The van der Waals surface area contributed by atoms with Gasteiger partial charge in [-0.3, -0.25) is 0 Å². The Morgan fingerprint density at radius 3 is 2.48 bits per heavy atom. The Morgan fingerprint density at radius 2 is 1.86 bits per heavy atom. The minimum atomic E-state index is -0.643. The number of halogens is 2. The van der Waals surface area contributed by atoms with Crippen LogP contribution in [-0.2, 0) is 0 Å². The fourth-order valence-electron chi connectivity index (χ4n) is 2.67. The maximum absolute atomic E-state index is 13.9. The lowest BCUT2D eigenvalue weighted by Crippen LogP contribution is -2.27. The molecular formula is C17H27ClFNO. The zero-order valence-electron chi connectivity index (χ0n) is 12.8. The number of nitrogens with two attached hydrogens (primary N) is 1. The summed E-state index contributed by atoms with van der Waals surface area (Å²) in [5.74, 6) is -0.825. The van der Waals surface area contributed by atoms with Crippen LogP contribution in [0.15, 0.2) is 18.2 Å². The van der Waals surface area contributed by atoms with Crippen molar-refractivity contribution in [2.45, 2.75) is 63.9 Å². The zero-order valence-corrected chi connectivity index (χ0v) is 13.6. The number of unbranched alkanes of at least 4 members (excludes halogenated alkanes) is 5. The molecular weight excluding hydrogens is 289 g/mol. The van der Waals surface area contributed by atoms with Crippen molar-refractivity contribution in [1.29, 1.82) is 0 Å². The molecule has 0 amide bonds. The molecule has 2 atom stereocenters. The highest BCUT2D eigenvalue weighted by molar-refractivity contribution is 6.31. The molecule has 0 spiro atoms. The van der Waals surface area contributed by atoms with E-state index in [2.05, 4.69) is 6.92 Å². The van der Waals surface area contributed by atoms with E-state index in [0.29, 0.717) is 17.0 Å². The van der Waals surface area contributed by atoms with Crippen LogP contribution in [0.5, 0.6) is 0 Å². The van der Waals surface area contributed by atoms with Crippen LogP contribution in [0.3, 0.4) is 0 Å². The molecule has 0 heterocycles. The normalized spacial score (nSPS) is 14.1. The quantitative estimate of drug-likeness (QED) is 0.618. The Balaban J connectivity index is 2.52. The van der Waals surface area contributed by atoms with Gasteiger partial charge in [0.25, 0.3) is 0 Å². The zero-order chi connectivity index (χ0) is 15.7. The van der Waals surface area contributed by atoms with Gasteiger partial charge in [-0.2, -0.15) is 0 Å². The summed E-state index contributed by atoms with van der Waals surface area (Å²) in [5, 5.41) is 10.6. The van der Waals surface area contributed by atoms with E-state index in [1.165, 1.54) is 31.7 Å². The van der Waals surface area contributed by atoms with Crippen LogP contribution in [0, 0.1) is 5.82 Å². The highest BCUT2D eigenvalue weighted by atomic mass is 35.5. The second kappa shape index (κ2) is 10.1. The predicted molar refractivity (Wildman–Crippen MR) is 87.2 cm³/mol. The number of hydrogen-bond donors (Lipinski definition) is 2. The first-order chi connectivity index (χ1) is 10.1. The van der Waals surface area contributed by atoms with E-state index in [-0.39, 0.29) is 12.4 Å². The molecule has 0 fully saturated rings. The molecule has 2 unspecified atom stereocenters. The second-order valence-corrected chi connectivity index (χ2v) is 6.01. The van der Waals surface area contributed by atoms with Crippen molar-refractivity contribution < 1.29 is 9.50 Å². The molecule has 0 aliphatic heterocycles. The van der Waals surface area contributed by atoms with Gasteiger partial charge in [0.1, 0.15) is 5.82 Å². The van der Waals surface area contributed by atoms with E-state index in [1.807, 2.05) is 0 Å². The Morgan fingerprint density at radius 1 is 1.19 bits per heavy atom. The van der Waals surface area contributed by atoms with Crippen molar-refractivity contribution >= 4 is 11.6 Å². The van der Waals surface area contributed by atoms with E-state index in [4.69, 9.17) is 17.3 Å². The lowest BCUT2D eigenvalue weighted by Gasteiger charge is -2.23. The minimum Gasteiger partial charge on any atom is -0.392 e. The molecule has 0 aliphatic rings. The molecule has 0 bridgehead atoms. The molecule has 0 saturated carbocycles. The van der Waals surface area contributed by atoms with Crippen LogP contribution >= 0.6 is 11.6 Å². The molecule has 1 aromatic carbocycles. The Labute approximate surface area is 132 Å². The number of aliphatic hydroxyl groups excluding tert-OH is 1. The van der Waals surface area contributed by atoms with Crippen LogP contribution in [0.25, 0.3) is 0 Å². The van der Waals surface area contributed by atoms with E-state index in [9.17, 15) is 9.50 Å². The monoisotopic (exact) mass is 315 g/mol. The summed E-state index contributed by atoms with van der Waals surface area (Å²) < 4.78 is 13.9. The lowest BCUT2D eigenvalue weighted by atomic mass is 9.89. The van der Waals surface area contributed by atoms with Gasteiger partial charge in [0.05, 0.1) is 6.10 Å². The molecule has 0 aromatic heterocycles. The third-order valence-electron chi connectivity index (χ3n) is 3.94. The van der Waals surface area contributed by atoms with Crippen LogP contribution in [0.1, 0.15) is 63.4 Å². The molecule has 0 aliphatic carbocycles. The predicted octanol–water partition coefficient (Wildman–Crippen LogP) is 4.63. The highest BCUT2D eigenvalue weighted by Crippen LogP contribution is 2.30. The van der Waals surface area contributed by atoms with Gasteiger partial charge >= 0.3 is 0 Å². The molecule has 1 aromatic rings. The average molecular weight is 316 g/mol. The van der Waals surface area contributed by atoms with Gasteiger partial charge in [0.2, 0.25) is 0 Å². The minimum absolute atomic E-state index is 0.192. The van der Waals surface area contributed by atoms with E-state index in [0.717, 1.165) is 12.8 Å². The SMILES string of the molecule is CCCCCCCCC(O)C(CN)c1c(F)cccc1Cl. The number of rotatable bonds is 10. The van der Waals surface area contributed by atoms with Crippen molar-refractivity contribution in [1.82, 2.24) is 0 Å². The van der Waals surface area contributed by atoms with Crippen LogP contribution < -0.4 is 5.73 Å². The fraction of sp³-hybridized carbons (Fsp3) is 0.647. The standard InChI is InChI=1S/C17H27ClFNO/c1-2-3-4-5-6-7-11-16(21)13(12-20)17-14(18)9-8-10-15(17)19/h8-10,13,16,21H,2-7,11-12,20H2,1H3. The lowest BCUT2D eigenvalue weighted by molar-refractivity contribution is 0.131. The summed E-state index contributed by atoms with van der Waals surface area (Å²) in [7, 11) is 0. The maximum atomic E-state index is 13.9. The van der Waals surface area contributed by atoms with Gasteiger partial charge in [0.15, 0.2) is 0 Å². The van der Waals surface area contributed by atoms with Crippen molar-refractivity contribution in [3.05, 3.63) is 34.6 Å². The molecule has 1 rings (SSSR count). The molecule has 3 N–H and O–H groups in total.